The van der Waals surface area contributed by atoms with Crippen LogP contribution in [0.25, 0.3) is 11.1 Å². The number of aromatic nitrogens is 1. The summed E-state index contributed by atoms with van der Waals surface area (Å²) >= 11 is 1.25. The Labute approximate surface area is 160 Å². The second-order valence-corrected chi connectivity index (χ2v) is 6.53. The Morgan fingerprint density at radius 2 is 1.85 bits per heavy atom. The van der Waals surface area contributed by atoms with Crippen LogP contribution in [0.1, 0.15) is 17.3 Å². The highest BCUT2D eigenvalue weighted by Crippen LogP contribution is 2.36. The SMILES string of the molecule is CCOC(=O)c1c(-c2ccccc2)csc1NC(=O)Cn1ccccc1=O. The first-order valence-corrected chi connectivity index (χ1v) is 9.27. The van der Waals surface area contributed by atoms with Crippen molar-refractivity contribution in [2.24, 2.45) is 0 Å². The van der Waals surface area contributed by atoms with Crippen LogP contribution < -0.4 is 10.9 Å². The lowest BCUT2D eigenvalue weighted by Crippen LogP contribution is -2.26. The molecule has 1 N–H and O–H groups in total. The molecular formula is C20H18N2O4S. The number of hydrogen-bond acceptors (Lipinski definition) is 5. The van der Waals surface area contributed by atoms with Gasteiger partial charge in [0, 0.05) is 23.2 Å². The number of carbonyl (C=O) groups is 2. The van der Waals surface area contributed by atoms with Gasteiger partial charge in [0.15, 0.2) is 0 Å². The van der Waals surface area contributed by atoms with Gasteiger partial charge in [-0.3, -0.25) is 9.59 Å². The minimum Gasteiger partial charge on any atom is -0.462 e. The average Bonchev–Trinajstić information content (AvgIpc) is 3.08. The molecule has 0 saturated carbocycles. The normalized spacial score (nSPS) is 10.4. The molecule has 2 heterocycles. The Hall–Kier alpha value is -3.19. The van der Waals surface area contributed by atoms with Crippen molar-refractivity contribution in [2.45, 2.75) is 13.5 Å². The van der Waals surface area contributed by atoms with Gasteiger partial charge in [0.05, 0.1) is 6.61 Å². The number of nitrogens with one attached hydrogen (secondary N) is 1. The Balaban J connectivity index is 1.90. The average molecular weight is 382 g/mol. The molecule has 27 heavy (non-hydrogen) atoms. The molecule has 7 heteroatoms. The molecule has 0 aliphatic rings. The zero-order valence-corrected chi connectivity index (χ0v) is 15.5. The lowest BCUT2D eigenvalue weighted by Gasteiger charge is -2.09. The van der Waals surface area contributed by atoms with Crippen LogP contribution in [0.5, 0.6) is 0 Å². The first kappa shape index (κ1) is 18.6. The number of amides is 1. The van der Waals surface area contributed by atoms with Crippen molar-refractivity contribution in [3.63, 3.8) is 0 Å². The van der Waals surface area contributed by atoms with E-state index in [2.05, 4.69) is 5.32 Å². The van der Waals surface area contributed by atoms with Gasteiger partial charge in [-0.15, -0.1) is 11.3 Å². The minimum atomic E-state index is -0.496. The lowest BCUT2D eigenvalue weighted by atomic mass is 10.0. The van der Waals surface area contributed by atoms with Gasteiger partial charge in [-0.25, -0.2) is 4.79 Å². The number of carbonyl (C=O) groups excluding carboxylic acids is 2. The Morgan fingerprint density at radius 3 is 2.56 bits per heavy atom. The number of pyridine rings is 1. The van der Waals surface area contributed by atoms with Crippen molar-refractivity contribution in [1.29, 1.82) is 0 Å². The summed E-state index contributed by atoms with van der Waals surface area (Å²) in [4.78, 5) is 36.7. The monoisotopic (exact) mass is 382 g/mol. The number of esters is 1. The molecule has 0 radical (unpaired) electrons. The molecule has 2 aromatic heterocycles. The van der Waals surface area contributed by atoms with E-state index >= 15 is 0 Å². The highest BCUT2D eigenvalue weighted by atomic mass is 32.1. The van der Waals surface area contributed by atoms with E-state index in [4.69, 9.17) is 4.74 Å². The van der Waals surface area contributed by atoms with Gasteiger partial charge < -0.3 is 14.6 Å². The van der Waals surface area contributed by atoms with Crippen LogP contribution in [0.3, 0.4) is 0 Å². The fourth-order valence-corrected chi connectivity index (χ4v) is 3.57. The standard InChI is InChI=1S/C20H18N2O4S/c1-2-26-20(25)18-15(14-8-4-3-5-9-14)13-27-19(18)21-16(23)12-22-11-7-6-10-17(22)24/h3-11,13H,2,12H2,1H3,(H,21,23). The van der Waals surface area contributed by atoms with Crippen LogP contribution in [0.4, 0.5) is 5.00 Å². The van der Waals surface area contributed by atoms with Crippen LogP contribution in [-0.4, -0.2) is 23.1 Å². The highest BCUT2D eigenvalue weighted by molar-refractivity contribution is 7.15. The van der Waals surface area contributed by atoms with Crippen LogP contribution >= 0.6 is 11.3 Å². The van der Waals surface area contributed by atoms with E-state index in [1.165, 1.54) is 28.2 Å². The van der Waals surface area contributed by atoms with E-state index in [0.29, 0.717) is 16.1 Å². The molecule has 0 atom stereocenters. The summed E-state index contributed by atoms with van der Waals surface area (Å²) in [7, 11) is 0. The van der Waals surface area contributed by atoms with Gasteiger partial charge in [-0.05, 0) is 18.6 Å². The fraction of sp³-hybridized carbons (Fsp3) is 0.150. The highest BCUT2D eigenvalue weighted by Gasteiger charge is 2.22. The van der Waals surface area contributed by atoms with Crippen molar-refractivity contribution < 1.29 is 14.3 Å². The largest absolute Gasteiger partial charge is 0.462 e. The maximum Gasteiger partial charge on any atom is 0.341 e. The summed E-state index contributed by atoms with van der Waals surface area (Å²) in [5.41, 5.74) is 1.61. The van der Waals surface area contributed by atoms with Crippen LogP contribution in [-0.2, 0) is 16.1 Å². The Bertz CT molecular complexity index is 1010. The molecule has 3 rings (SSSR count). The Kier molecular flexibility index (Phi) is 5.83. The number of benzene rings is 1. The van der Waals surface area contributed by atoms with Crippen molar-refractivity contribution >= 4 is 28.2 Å². The van der Waals surface area contributed by atoms with Crippen molar-refractivity contribution in [3.05, 3.63) is 76.0 Å². The molecule has 0 aliphatic heterocycles. The van der Waals surface area contributed by atoms with E-state index in [1.54, 1.807) is 19.1 Å². The van der Waals surface area contributed by atoms with Gasteiger partial charge in [-0.2, -0.15) is 0 Å². The van der Waals surface area contributed by atoms with E-state index in [-0.39, 0.29) is 18.7 Å². The van der Waals surface area contributed by atoms with Crippen LogP contribution in [0, 0.1) is 0 Å². The van der Waals surface area contributed by atoms with Crippen molar-refractivity contribution in [1.82, 2.24) is 4.57 Å². The molecule has 6 nitrogen and oxygen atoms in total. The molecule has 0 aliphatic carbocycles. The first-order chi connectivity index (χ1) is 13.1. The van der Waals surface area contributed by atoms with Crippen LogP contribution in [0.2, 0.25) is 0 Å². The van der Waals surface area contributed by atoms with E-state index in [9.17, 15) is 14.4 Å². The number of ether oxygens (including phenoxy) is 1. The minimum absolute atomic E-state index is 0.138. The lowest BCUT2D eigenvalue weighted by molar-refractivity contribution is -0.116. The molecule has 0 fully saturated rings. The molecule has 1 aromatic carbocycles. The molecule has 3 aromatic rings. The van der Waals surface area contributed by atoms with Gasteiger partial charge in [0.1, 0.15) is 17.1 Å². The maximum absolute atomic E-state index is 12.5. The summed E-state index contributed by atoms with van der Waals surface area (Å²) in [6, 6.07) is 14.1. The maximum atomic E-state index is 12.5. The number of nitrogens with zero attached hydrogens (tertiary/aromatic N) is 1. The second-order valence-electron chi connectivity index (χ2n) is 5.65. The molecule has 1 amide bonds. The predicted octanol–water partition coefficient (Wildman–Crippen LogP) is 3.39. The molecule has 0 spiro atoms. The van der Waals surface area contributed by atoms with E-state index < -0.39 is 11.9 Å². The fourth-order valence-electron chi connectivity index (χ4n) is 2.60. The summed E-state index contributed by atoms with van der Waals surface area (Å²) < 4.78 is 6.47. The molecule has 0 saturated heterocycles. The van der Waals surface area contributed by atoms with Gasteiger partial charge in [-0.1, -0.05) is 36.4 Å². The third-order valence-electron chi connectivity index (χ3n) is 3.82. The number of anilines is 1. The zero-order valence-electron chi connectivity index (χ0n) is 14.7. The zero-order chi connectivity index (χ0) is 19.2. The second kappa shape index (κ2) is 8.46. The van der Waals surface area contributed by atoms with Gasteiger partial charge >= 0.3 is 5.97 Å². The van der Waals surface area contributed by atoms with Gasteiger partial charge in [0.2, 0.25) is 5.91 Å². The van der Waals surface area contributed by atoms with E-state index in [1.807, 2.05) is 35.7 Å². The number of hydrogen-bond donors (Lipinski definition) is 1. The number of thiophene rings is 1. The van der Waals surface area contributed by atoms with Crippen LogP contribution in [0.15, 0.2) is 64.9 Å². The van der Waals surface area contributed by atoms with Crippen molar-refractivity contribution in [2.75, 3.05) is 11.9 Å². The summed E-state index contributed by atoms with van der Waals surface area (Å²) in [5.74, 6) is -0.889. The summed E-state index contributed by atoms with van der Waals surface area (Å²) in [6.07, 6.45) is 1.54. The molecule has 0 bridgehead atoms. The summed E-state index contributed by atoms with van der Waals surface area (Å²) in [5, 5.41) is 4.95. The Morgan fingerprint density at radius 1 is 1.11 bits per heavy atom. The third kappa shape index (κ3) is 4.32. The first-order valence-electron chi connectivity index (χ1n) is 8.39. The third-order valence-corrected chi connectivity index (χ3v) is 4.72. The van der Waals surface area contributed by atoms with Crippen molar-refractivity contribution in [3.8, 4) is 11.1 Å². The summed E-state index contributed by atoms with van der Waals surface area (Å²) in [6.45, 7) is 1.82. The topological polar surface area (TPSA) is 77.4 Å². The molecular weight excluding hydrogens is 364 g/mol. The quantitative estimate of drug-likeness (QED) is 0.663. The number of rotatable bonds is 6. The molecule has 0 unspecified atom stereocenters. The van der Waals surface area contributed by atoms with E-state index in [0.717, 1.165) is 5.56 Å². The molecule has 138 valence electrons. The smallest absolute Gasteiger partial charge is 0.341 e. The predicted molar refractivity (Wildman–Crippen MR) is 105 cm³/mol. The van der Waals surface area contributed by atoms with Gasteiger partial charge in [0.25, 0.3) is 5.56 Å².